The molecule has 0 saturated carbocycles. The van der Waals surface area contributed by atoms with Gasteiger partial charge in [0.15, 0.2) is 0 Å². The maximum absolute atomic E-state index is 13.1. The minimum absolute atomic E-state index is 0.101. The number of aromatic nitrogens is 1. The molecule has 100 valence electrons. The van der Waals surface area contributed by atoms with E-state index in [-0.39, 0.29) is 16.3 Å². The third-order valence-corrected chi connectivity index (χ3v) is 3.20. The summed E-state index contributed by atoms with van der Waals surface area (Å²) in [5.41, 5.74) is 0.477. The second-order valence-corrected chi connectivity index (χ2v) is 5.02. The van der Waals surface area contributed by atoms with Crippen molar-refractivity contribution in [1.29, 1.82) is 5.26 Å². The first-order valence-electron chi connectivity index (χ1n) is 5.33. The number of nitrogens with zero attached hydrogens (tertiary/aromatic N) is 2. The number of hydrogen-bond donors (Lipinski definition) is 1. The zero-order valence-corrected chi connectivity index (χ0v) is 12.2. The van der Waals surface area contributed by atoms with E-state index in [2.05, 4.69) is 26.2 Å². The Labute approximate surface area is 127 Å². The van der Waals surface area contributed by atoms with E-state index in [0.717, 1.165) is 12.3 Å². The van der Waals surface area contributed by atoms with E-state index in [1.165, 1.54) is 0 Å². The molecule has 1 aromatic carbocycles. The van der Waals surface area contributed by atoms with E-state index in [4.69, 9.17) is 16.9 Å². The fourth-order valence-corrected chi connectivity index (χ4v) is 2.04. The molecule has 2 aromatic rings. The van der Waals surface area contributed by atoms with Crippen LogP contribution in [0.1, 0.15) is 15.9 Å². The molecule has 0 unspecified atom stereocenters. The van der Waals surface area contributed by atoms with E-state index in [0.29, 0.717) is 10.2 Å². The van der Waals surface area contributed by atoms with Crippen molar-refractivity contribution in [3.8, 4) is 6.07 Å². The van der Waals surface area contributed by atoms with Gasteiger partial charge in [0.05, 0.1) is 23.0 Å². The number of nitriles is 1. The van der Waals surface area contributed by atoms with Gasteiger partial charge in [-0.2, -0.15) is 5.26 Å². The number of amides is 1. The molecule has 0 aliphatic heterocycles. The number of nitrogens with one attached hydrogen (secondary N) is 1. The molecule has 1 heterocycles. The van der Waals surface area contributed by atoms with Crippen LogP contribution in [0.3, 0.4) is 0 Å². The molecular weight excluding hydrogens is 349 g/mol. The average Bonchev–Trinajstić information content (AvgIpc) is 2.41. The zero-order valence-electron chi connectivity index (χ0n) is 9.82. The van der Waals surface area contributed by atoms with Gasteiger partial charge < -0.3 is 5.32 Å². The van der Waals surface area contributed by atoms with Crippen LogP contribution in [-0.4, -0.2) is 10.9 Å². The Hall–Kier alpha value is -1.97. The zero-order chi connectivity index (χ0) is 14.7. The van der Waals surface area contributed by atoms with E-state index >= 15 is 0 Å². The van der Waals surface area contributed by atoms with Crippen LogP contribution in [0.25, 0.3) is 0 Å². The molecule has 0 radical (unpaired) electrons. The van der Waals surface area contributed by atoms with Crippen molar-refractivity contribution < 1.29 is 9.18 Å². The Balaban J connectivity index is 2.35. The van der Waals surface area contributed by atoms with Crippen LogP contribution < -0.4 is 5.32 Å². The van der Waals surface area contributed by atoms with Gasteiger partial charge in [0, 0.05) is 4.47 Å². The molecule has 0 atom stereocenters. The molecule has 20 heavy (non-hydrogen) atoms. The quantitative estimate of drug-likeness (QED) is 0.835. The van der Waals surface area contributed by atoms with Crippen molar-refractivity contribution >= 4 is 39.1 Å². The molecule has 4 nitrogen and oxygen atoms in total. The first-order valence-corrected chi connectivity index (χ1v) is 6.50. The molecular formula is C13H6BrClFN3O. The number of benzene rings is 1. The highest BCUT2D eigenvalue weighted by atomic mass is 79.9. The molecule has 0 spiro atoms. The Morgan fingerprint density at radius 3 is 2.90 bits per heavy atom. The predicted octanol–water partition coefficient (Wildman–Crippen LogP) is 3.76. The van der Waals surface area contributed by atoms with E-state index in [9.17, 15) is 9.18 Å². The normalized spacial score (nSPS) is 9.90. The van der Waals surface area contributed by atoms with Crippen LogP contribution in [0.15, 0.2) is 34.9 Å². The van der Waals surface area contributed by atoms with Crippen molar-refractivity contribution in [3.63, 3.8) is 0 Å². The first-order chi connectivity index (χ1) is 9.51. The SMILES string of the molecule is N#Cc1ccc(Br)cc1NC(=O)c1cc(F)cnc1Cl. The lowest BCUT2D eigenvalue weighted by atomic mass is 10.2. The molecule has 2 rings (SSSR count). The standard InChI is InChI=1S/C13H6BrClFN3O/c14-8-2-1-7(5-17)11(3-8)19-13(20)10-4-9(16)6-18-12(10)15/h1-4,6H,(H,19,20). The largest absolute Gasteiger partial charge is 0.321 e. The number of carbonyl (C=O) groups excluding carboxylic acids is 1. The van der Waals surface area contributed by atoms with Gasteiger partial charge >= 0.3 is 0 Å². The van der Waals surface area contributed by atoms with Gasteiger partial charge in [0.25, 0.3) is 5.91 Å². The van der Waals surface area contributed by atoms with Crippen LogP contribution in [0.4, 0.5) is 10.1 Å². The summed E-state index contributed by atoms with van der Waals surface area (Å²) in [6.45, 7) is 0. The Morgan fingerprint density at radius 1 is 1.45 bits per heavy atom. The number of carbonyl (C=O) groups is 1. The molecule has 1 amide bonds. The highest BCUT2D eigenvalue weighted by Gasteiger charge is 2.14. The number of halogens is 3. The summed E-state index contributed by atoms with van der Waals surface area (Å²) >= 11 is 8.99. The summed E-state index contributed by atoms with van der Waals surface area (Å²) in [6, 6.07) is 7.71. The monoisotopic (exact) mass is 353 g/mol. The summed E-state index contributed by atoms with van der Waals surface area (Å²) in [6.07, 6.45) is 0.916. The fraction of sp³-hybridized carbons (Fsp3) is 0. The Bertz CT molecular complexity index is 730. The molecule has 0 aliphatic rings. The third kappa shape index (κ3) is 3.13. The van der Waals surface area contributed by atoms with E-state index in [1.54, 1.807) is 18.2 Å². The summed E-state index contributed by atoms with van der Waals surface area (Å²) in [5.74, 6) is -1.31. The smallest absolute Gasteiger partial charge is 0.258 e. The second kappa shape index (κ2) is 5.99. The Kier molecular flexibility index (Phi) is 4.32. The number of rotatable bonds is 2. The molecule has 1 aromatic heterocycles. The van der Waals surface area contributed by atoms with Gasteiger partial charge in [-0.1, -0.05) is 27.5 Å². The van der Waals surface area contributed by atoms with Crippen LogP contribution in [0, 0.1) is 17.1 Å². The van der Waals surface area contributed by atoms with Gasteiger partial charge in [-0.05, 0) is 24.3 Å². The number of pyridine rings is 1. The van der Waals surface area contributed by atoms with Crippen molar-refractivity contribution in [1.82, 2.24) is 4.98 Å². The minimum Gasteiger partial charge on any atom is -0.321 e. The van der Waals surface area contributed by atoms with Crippen molar-refractivity contribution in [2.24, 2.45) is 0 Å². The highest BCUT2D eigenvalue weighted by molar-refractivity contribution is 9.10. The summed E-state index contributed by atoms with van der Waals surface area (Å²) < 4.78 is 13.8. The average molecular weight is 355 g/mol. The molecule has 0 fully saturated rings. The van der Waals surface area contributed by atoms with Crippen molar-refractivity contribution in [3.05, 3.63) is 57.0 Å². The lowest BCUT2D eigenvalue weighted by molar-refractivity contribution is 0.102. The maximum Gasteiger partial charge on any atom is 0.258 e. The molecule has 1 N–H and O–H groups in total. The fourth-order valence-electron chi connectivity index (χ4n) is 1.49. The van der Waals surface area contributed by atoms with Gasteiger partial charge in [-0.3, -0.25) is 4.79 Å². The maximum atomic E-state index is 13.1. The molecule has 0 bridgehead atoms. The van der Waals surface area contributed by atoms with Gasteiger partial charge in [-0.25, -0.2) is 9.37 Å². The van der Waals surface area contributed by atoms with Crippen LogP contribution in [0.2, 0.25) is 5.15 Å². The van der Waals surface area contributed by atoms with Crippen LogP contribution in [0.5, 0.6) is 0 Å². The molecule has 7 heteroatoms. The summed E-state index contributed by atoms with van der Waals surface area (Å²) in [7, 11) is 0. The predicted molar refractivity (Wildman–Crippen MR) is 76.0 cm³/mol. The summed E-state index contributed by atoms with van der Waals surface area (Å²) in [4.78, 5) is 15.6. The van der Waals surface area contributed by atoms with Gasteiger partial charge in [0.2, 0.25) is 0 Å². The van der Waals surface area contributed by atoms with E-state index in [1.807, 2.05) is 6.07 Å². The summed E-state index contributed by atoms with van der Waals surface area (Å²) in [5, 5.41) is 11.4. The van der Waals surface area contributed by atoms with Crippen LogP contribution in [-0.2, 0) is 0 Å². The van der Waals surface area contributed by atoms with Crippen molar-refractivity contribution in [2.45, 2.75) is 0 Å². The lowest BCUT2D eigenvalue weighted by Gasteiger charge is -2.08. The number of hydrogen-bond acceptors (Lipinski definition) is 3. The number of anilines is 1. The highest BCUT2D eigenvalue weighted by Crippen LogP contribution is 2.22. The molecule has 0 saturated heterocycles. The van der Waals surface area contributed by atoms with Crippen LogP contribution >= 0.6 is 27.5 Å². The Morgan fingerprint density at radius 2 is 2.20 bits per heavy atom. The minimum atomic E-state index is -0.672. The lowest BCUT2D eigenvalue weighted by Crippen LogP contribution is -2.14. The van der Waals surface area contributed by atoms with E-state index < -0.39 is 11.7 Å². The topological polar surface area (TPSA) is 65.8 Å². The second-order valence-electron chi connectivity index (χ2n) is 3.75. The third-order valence-electron chi connectivity index (χ3n) is 2.40. The van der Waals surface area contributed by atoms with Crippen molar-refractivity contribution in [2.75, 3.05) is 5.32 Å². The molecule has 0 aliphatic carbocycles. The van der Waals surface area contributed by atoms with Gasteiger partial charge in [-0.15, -0.1) is 0 Å². The first kappa shape index (κ1) is 14.4. The van der Waals surface area contributed by atoms with Gasteiger partial charge in [0.1, 0.15) is 17.0 Å².